The topological polar surface area (TPSA) is 12.9 Å². The van der Waals surface area contributed by atoms with Crippen molar-refractivity contribution in [2.45, 2.75) is 12.8 Å². The molecule has 0 radical (unpaired) electrons. The molecular weight excluding hydrogens is 402 g/mol. The second kappa shape index (κ2) is 7.56. The van der Waals surface area contributed by atoms with Gasteiger partial charge in [-0.3, -0.25) is 0 Å². The molecule has 0 N–H and O–H groups in total. The predicted molar refractivity (Wildman–Crippen MR) is 114 cm³/mol. The molecule has 1 nitrogen and oxygen atoms in total. The normalized spacial score (nSPS) is 12.1. The molecule has 1 atom stereocenters. The van der Waals surface area contributed by atoms with Gasteiger partial charge >= 0.3 is 0 Å². The lowest BCUT2D eigenvalue weighted by atomic mass is 9.87. The van der Waals surface area contributed by atoms with Gasteiger partial charge in [0.1, 0.15) is 0 Å². The zero-order valence-corrected chi connectivity index (χ0v) is 16.8. The Kier molecular flexibility index (Phi) is 5.00. The lowest BCUT2D eigenvalue weighted by molar-refractivity contribution is 0.927. The van der Waals surface area contributed by atoms with Gasteiger partial charge in [0.25, 0.3) is 0 Å². The first-order valence-electron chi connectivity index (χ1n) is 8.55. The van der Waals surface area contributed by atoms with Gasteiger partial charge in [-0.1, -0.05) is 88.7 Å². The maximum atomic E-state index is 4.97. The molecule has 0 amide bonds. The first-order valence-corrected chi connectivity index (χ1v) is 10.2. The standard InChI is InChI=1S/C23H18BrNS/c1-16-25-22(23(26-16)19-10-6-3-7-11-19)21(17-8-4-2-5-9-17)18-12-14-20(24)15-13-18/h2-15,21H,1H3. The molecule has 0 fully saturated rings. The number of nitrogens with zero attached hydrogens (tertiary/aromatic N) is 1. The summed E-state index contributed by atoms with van der Waals surface area (Å²) in [6, 6.07) is 29.8. The van der Waals surface area contributed by atoms with E-state index in [4.69, 9.17) is 4.98 Å². The van der Waals surface area contributed by atoms with Gasteiger partial charge in [-0.15, -0.1) is 11.3 Å². The van der Waals surface area contributed by atoms with Crippen LogP contribution >= 0.6 is 27.3 Å². The van der Waals surface area contributed by atoms with E-state index in [0.717, 1.165) is 15.2 Å². The Hall–Kier alpha value is -2.23. The molecule has 0 spiro atoms. The Morgan fingerprint density at radius 2 is 1.35 bits per heavy atom. The molecule has 1 unspecified atom stereocenters. The lowest BCUT2D eigenvalue weighted by Gasteiger charge is -2.18. The van der Waals surface area contributed by atoms with E-state index in [0.29, 0.717) is 0 Å². The summed E-state index contributed by atoms with van der Waals surface area (Å²) in [7, 11) is 0. The summed E-state index contributed by atoms with van der Waals surface area (Å²) < 4.78 is 1.09. The Bertz CT molecular complexity index is 992. The number of benzene rings is 3. The smallest absolute Gasteiger partial charge is 0.0904 e. The summed E-state index contributed by atoms with van der Waals surface area (Å²) in [5, 5.41) is 1.09. The van der Waals surface area contributed by atoms with Crippen LogP contribution in [0.4, 0.5) is 0 Å². The van der Waals surface area contributed by atoms with Crippen molar-refractivity contribution < 1.29 is 0 Å². The van der Waals surface area contributed by atoms with E-state index in [1.54, 1.807) is 11.3 Å². The molecule has 4 rings (SSSR count). The van der Waals surface area contributed by atoms with Crippen LogP contribution in [0.5, 0.6) is 0 Å². The fraction of sp³-hybridized carbons (Fsp3) is 0.0870. The van der Waals surface area contributed by atoms with E-state index in [1.807, 2.05) is 0 Å². The van der Waals surface area contributed by atoms with Crippen molar-refractivity contribution >= 4 is 27.3 Å². The van der Waals surface area contributed by atoms with E-state index in [1.165, 1.54) is 21.6 Å². The second-order valence-corrected chi connectivity index (χ2v) is 8.33. The van der Waals surface area contributed by atoms with Crippen LogP contribution < -0.4 is 0 Å². The molecule has 4 aromatic rings. The molecule has 0 aliphatic rings. The molecule has 3 aromatic carbocycles. The molecule has 0 saturated carbocycles. The minimum atomic E-state index is 0.115. The van der Waals surface area contributed by atoms with Crippen LogP contribution in [0.3, 0.4) is 0 Å². The number of rotatable bonds is 4. The third kappa shape index (κ3) is 3.50. The van der Waals surface area contributed by atoms with Crippen LogP contribution in [-0.2, 0) is 0 Å². The van der Waals surface area contributed by atoms with Crippen molar-refractivity contribution in [1.82, 2.24) is 4.98 Å². The second-order valence-electron chi connectivity index (χ2n) is 6.21. The minimum absolute atomic E-state index is 0.115. The molecule has 3 heteroatoms. The van der Waals surface area contributed by atoms with Crippen LogP contribution in [0.25, 0.3) is 10.4 Å². The highest BCUT2D eigenvalue weighted by Crippen LogP contribution is 2.40. The Balaban J connectivity index is 1.92. The highest BCUT2D eigenvalue weighted by Gasteiger charge is 2.24. The van der Waals surface area contributed by atoms with Gasteiger partial charge in [0.2, 0.25) is 0 Å². The van der Waals surface area contributed by atoms with Gasteiger partial charge in [0.15, 0.2) is 0 Å². The average Bonchev–Trinajstić information content (AvgIpc) is 3.06. The highest BCUT2D eigenvalue weighted by atomic mass is 79.9. The maximum absolute atomic E-state index is 4.97. The van der Waals surface area contributed by atoms with Crippen molar-refractivity contribution in [2.75, 3.05) is 0 Å². The molecule has 26 heavy (non-hydrogen) atoms. The molecule has 0 aliphatic carbocycles. The minimum Gasteiger partial charge on any atom is -0.245 e. The van der Waals surface area contributed by atoms with Gasteiger partial charge in [-0.2, -0.15) is 0 Å². The van der Waals surface area contributed by atoms with Crippen molar-refractivity contribution in [3.8, 4) is 10.4 Å². The van der Waals surface area contributed by atoms with E-state index < -0.39 is 0 Å². The largest absolute Gasteiger partial charge is 0.245 e. The SMILES string of the molecule is Cc1nc(C(c2ccccc2)c2ccc(Br)cc2)c(-c2ccccc2)s1. The Labute approximate surface area is 166 Å². The number of hydrogen-bond acceptors (Lipinski definition) is 2. The van der Waals surface area contributed by atoms with Gasteiger partial charge in [0.05, 0.1) is 21.5 Å². The third-order valence-corrected chi connectivity index (χ3v) is 5.97. The predicted octanol–water partition coefficient (Wildman–Crippen LogP) is 7.06. The lowest BCUT2D eigenvalue weighted by Crippen LogP contribution is -2.05. The van der Waals surface area contributed by atoms with Gasteiger partial charge in [0, 0.05) is 4.47 Å². The molecule has 1 heterocycles. The Morgan fingerprint density at radius 3 is 2.00 bits per heavy atom. The van der Waals surface area contributed by atoms with Crippen molar-refractivity contribution in [3.63, 3.8) is 0 Å². The van der Waals surface area contributed by atoms with E-state index in [2.05, 4.69) is 108 Å². The van der Waals surface area contributed by atoms with Crippen LogP contribution in [0, 0.1) is 6.92 Å². The number of aryl methyl sites for hydroxylation is 1. The first kappa shape index (κ1) is 17.2. The first-order chi connectivity index (χ1) is 12.7. The summed E-state index contributed by atoms with van der Waals surface area (Å²) in [6.07, 6.45) is 0. The van der Waals surface area contributed by atoms with Gasteiger partial charge < -0.3 is 0 Å². The quantitative estimate of drug-likeness (QED) is 0.344. The molecule has 0 aliphatic heterocycles. The summed E-state index contributed by atoms with van der Waals surface area (Å²) in [6.45, 7) is 2.09. The number of aromatic nitrogens is 1. The van der Waals surface area contributed by atoms with E-state index in [9.17, 15) is 0 Å². The summed E-state index contributed by atoms with van der Waals surface area (Å²) in [5.74, 6) is 0.115. The summed E-state index contributed by atoms with van der Waals surface area (Å²) in [5.41, 5.74) is 4.87. The van der Waals surface area contributed by atoms with Crippen molar-refractivity contribution in [1.29, 1.82) is 0 Å². The fourth-order valence-electron chi connectivity index (χ4n) is 3.24. The van der Waals surface area contributed by atoms with E-state index in [-0.39, 0.29) is 5.92 Å². The Morgan fingerprint density at radius 1 is 0.769 bits per heavy atom. The number of hydrogen-bond donors (Lipinski definition) is 0. The van der Waals surface area contributed by atoms with Crippen LogP contribution in [-0.4, -0.2) is 4.98 Å². The third-order valence-electron chi connectivity index (χ3n) is 4.41. The molecule has 0 bridgehead atoms. The highest BCUT2D eigenvalue weighted by molar-refractivity contribution is 9.10. The molecule has 128 valence electrons. The fourth-order valence-corrected chi connectivity index (χ4v) is 4.47. The molecular formula is C23H18BrNS. The monoisotopic (exact) mass is 419 g/mol. The van der Waals surface area contributed by atoms with Crippen molar-refractivity contribution in [3.05, 3.63) is 111 Å². The van der Waals surface area contributed by atoms with Crippen LogP contribution in [0.1, 0.15) is 27.7 Å². The van der Waals surface area contributed by atoms with Crippen LogP contribution in [0.15, 0.2) is 89.4 Å². The average molecular weight is 420 g/mol. The van der Waals surface area contributed by atoms with E-state index >= 15 is 0 Å². The van der Waals surface area contributed by atoms with Crippen molar-refractivity contribution in [2.24, 2.45) is 0 Å². The van der Waals surface area contributed by atoms with Crippen LogP contribution in [0.2, 0.25) is 0 Å². The zero-order chi connectivity index (χ0) is 17.9. The number of halogens is 1. The summed E-state index contributed by atoms with van der Waals surface area (Å²) in [4.78, 5) is 6.22. The molecule has 1 aromatic heterocycles. The van der Waals surface area contributed by atoms with Gasteiger partial charge in [-0.25, -0.2) is 4.98 Å². The zero-order valence-electron chi connectivity index (χ0n) is 14.4. The number of thiazole rings is 1. The summed E-state index contributed by atoms with van der Waals surface area (Å²) >= 11 is 5.32. The van der Waals surface area contributed by atoms with Gasteiger partial charge in [-0.05, 0) is 35.7 Å². The molecule has 0 saturated heterocycles. The maximum Gasteiger partial charge on any atom is 0.0904 e.